The molecule has 0 aromatic heterocycles. The van der Waals surface area contributed by atoms with Gasteiger partial charge in [0, 0.05) is 12.6 Å². The second-order valence-corrected chi connectivity index (χ2v) is 4.57. The molecular weight excluding hydrogens is 162 g/mol. The molecule has 1 aliphatic carbocycles. The topological polar surface area (TPSA) is 21.3 Å². The minimum atomic E-state index is 0.268. The van der Waals surface area contributed by atoms with E-state index in [-0.39, 0.29) is 5.60 Å². The first-order chi connectivity index (χ1) is 6.35. The molecule has 1 heterocycles. The van der Waals surface area contributed by atoms with Crippen LogP contribution in [0.2, 0.25) is 0 Å². The fourth-order valence-corrected chi connectivity index (χ4v) is 2.82. The number of ether oxygens (including phenoxy) is 1. The SMILES string of the molecule is CNC1CCOC2(CCCCC2)C1. The largest absolute Gasteiger partial charge is 0.375 e. The molecule has 2 fully saturated rings. The van der Waals surface area contributed by atoms with Crippen LogP contribution >= 0.6 is 0 Å². The average molecular weight is 183 g/mol. The zero-order valence-corrected chi connectivity index (χ0v) is 8.64. The molecule has 0 amide bonds. The van der Waals surface area contributed by atoms with Gasteiger partial charge in [0.1, 0.15) is 0 Å². The summed E-state index contributed by atoms with van der Waals surface area (Å²) in [6.45, 7) is 0.964. The summed E-state index contributed by atoms with van der Waals surface area (Å²) in [5.74, 6) is 0. The third kappa shape index (κ3) is 2.05. The van der Waals surface area contributed by atoms with E-state index >= 15 is 0 Å². The van der Waals surface area contributed by atoms with Crippen LogP contribution in [0.1, 0.15) is 44.9 Å². The highest BCUT2D eigenvalue weighted by molar-refractivity contribution is 4.91. The predicted octanol–water partition coefficient (Wildman–Crippen LogP) is 2.09. The second kappa shape index (κ2) is 3.97. The van der Waals surface area contributed by atoms with E-state index in [9.17, 15) is 0 Å². The van der Waals surface area contributed by atoms with Crippen LogP contribution in [0.3, 0.4) is 0 Å². The summed E-state index contributed by atoms with van der Waals surface area (Å²) in [6.07, 6.45) is 9.18. The summed E-state index contributed by atoms with van der Waals surface area (Å²) in [6, 6.07) is 0.701. The molecule has 2 rings (SSSR count). The summed E-state index contributed by atoms with van der Waals surface area (Å²) < 4.78 is 6.00. The van der Waals surface area contributed by atoms with Gasteiger partial charge in [0.05, 0.1) is 5.60 Å². The minimum absolute atomic E-state index is 0.268. The van der Waals surface area contributed by atoms with Crippen molar-refractivity contribution in [3.05, 3.63) is 0 Å². The van der Waals surface area contributed by atoms with Gasteiger partial charge in [-0.3, -0.25) is 0 Å². The summed E-state index contributed by atoms with van der Waals surface area (Å²) in [7, 11) is 2.08. The second-order valence-electron chi connectivity index (χ2n) is 4.57. The van der Waals surface area contributed by atoms with Gasteiger partial charge < -0.3 is 10.1 Å². The van der Waals surface area contributed by atoms with Crippen LogP contribution in [-0.4, -0.2) is 25.3 Å². The van der Waals surface area contributed by atoms with Crippen LogP contribution in [0.4, 0.5) is 0 Å². The molecule has 13 heavy (non-hydrogen) atoms. The lowest BCUT2D eigenvalue weighted by Crippen LogP contribution is -2.47. The molecule has 1 unspecified atom stereocenters. The molecule has 1 saturated carbocycles. The molecule has 1 atom stereocenters. The van der Waals surface area contributed by atoms with Crippen molar-refractivity contribution in [1.29, 1.82) is 0 Å². The molecule has 2 nitrogen and oxygen atoms in total. The minimum Gasteiger partial charge on any atom is -0.375 e. The van der Waals surface area contributed by atoms with Gasteiger partial charge in [0.15, 0.2) is 0 Å². The van der Waals surface area contributed by atoms with Crippen LogP contribution < -0.4 is 5.32 Å². The van der Waals surface area contributed by atoms with E-state index in [1.807, 2.05) is 0 Å². The first kappa shape index (κ1) is 9.47. The van der Waals surface area contributed by atoms with Crippen molar-refractivity contribution in [1.82, 2.24) is 5.32 Å². The third-order valence-electron chi connectivity index (χ3n) is 3.67. The van der Waals surface area contributed by atoms with E-state index in [4.69, 9.17) is 4.74 Å². The molecule has 0 bridgehead atoms. The molecule has 2 heteroatoms. The highest BCUT2D eigenvalue weighted by atomic mass is 16.5. The normalized spacial score (nSPS) is 33.5. The maximum Gasteiger partial charge on any atom is 0.0697 e. The maximum absolute atomic E-state index is 6.00. The molecule has 76 valence electrons. The van der Waals surface area contributed by atoms with Crippen molar-refractivity contribution in [2.45, 2.75) is 56.6 Å². The smallest absolute Gasteiger partial charge is 0.0697 e. The van der Waals surface area contributed by atoms with Gasteiger partial charge in [-0.05, 0) is 32.7 Å². The molecule has 1 saturated heterocycles. The Labute approximate surface area is 81.0 Å². The zero-order valence-electron chi connectivity index (χ0n) is 8.64. The lowest BCUT2D eigenvalue weighted by atomic mass is 9.78. The van der Waals surface area contributed by atoms with Crippen molar-refractivity contribution in [2.24, 2.45) is 0 Å². The summed E-state index contributed by atoms with van der Waals surface area (Å²) in [4.78, 5) is 0. The van der Waals surface area contributed by atoms with Gasteiger partial charge in [0.25, 0.3) is 0 Å². The standard InChI is InChI=1S/C11H21NO/c1-12-10-5-8-13-11(9-10)6-3-2-4-7-11/h10,12H,2-9H2,1H3. The Morgan fingerprint density at radius 2 is 2.00 bits per heavy atom. The van der Waals surface area contributed by atoms with Crippen molar-refractivity contribution < 1.29 is 4.74 Å². The first-order valence-electron chi connectivity index (χ1n) is 5.66. The highest BCUT2D eigenvalue weighted by Gasteiger charge is 2.37. The summed E-state index contributed by atoms with van der Waals surface area (Å²) in [5.41, 5.74) is 0.268. The summed E-state index contributed by atoms with van der Waals surface area (Å²) in [5, 5.41) is 3.40. The van der Waals surface area contributed by atoms with Crippen LogP contribution in [0.25, 0.3) is 0 Å². The molecule has 1 N–H and O–H groups in total. The van der Waals surface area contributed by atoms with E-state index in [0.29, 0.717) is 6.04 Å². The van der Waals surface area contributed by atoms with E-state index in [1.165, 1.54) is 44.9 Å². The van der Waals surface area contributed by atoms with Gasteiger partial charge >= 0.3 is 0 Å². The van der Waals surface area contributed by atoms with E-state index in [0.717, 1.165) is 6.61 Å². The van der Waals surface area contributed by atoms with Gasteiger partial charge in [-0.1, -0.05) is 19.3 Å². The van der Waals surface area contributed by atoms with Crippen molar-refractivity contribution in [3.63, 3.8) is 0 Å². The molecule has 1 aliphatic heterocycles. The highest BCUT2D eigenvalue weighted by Crippen LogP contribution is 2.38. The van der Waals surface area contributed by atoms with Gasteiger partial charge in [-0.25, -0.2) is 0 Å². The van der Waals surface area contributed by atoms with E-state index < -0.39 is 0 Å². The molecule has 0 aromatic carbocycles. The zero-order chi connectivity index (χ0) is 9.15. The Morgan fingerprint density at radius 3 is 2.69 bits per heavy atom. The lowest BCUT2D eigenvalue weighted by molar-refractivity contribution is -0.108. The lowest BCUT2D eigenvalue weighted by Gasteiger charge is -2.43. The van der Waals surface area contributed by atoms with Crippen LogP contribution in [0, 0.1) is 0 Å². The third-order valence-corrected chi connectivity index (χ3v) is 3.67. The van der Waals surface area contributed by atoms with E-state index in [1.54, 1.807) is 0 Å². The van der Waals surface area contributed by atoms with Crippen molar-refractivity contribution in [3.8, 4) is 0 Å². The average Bonchev–Trinajstić information content (AvgIpc) is 2.19. The molecule has 0 radical (unpaired) electrons. The quantitative estimate of drug-likeness (QED) is 0.672. The maximum atomic E-state index is 6.00. The Bertz CT molecular complexity index is 158. The Morgan fingerprint density at radius 1 is 1.23 bits per heavy atom. The summed E-state index contributed by atoms with van der Waals surface area (Å²) >= 11 is 0. The van der Waals surface area contributed by atoms with Gasteiger partial charge in [0.2, 0.25) is 0 Å². The van der Waals surface area contributed by atoms with E-state index in [2.05, 4.69) is 12.4 Å². The van der Waals surface area contributed by atoms with Crippen LogP contribution in [0.5, 0.6) is 0 Å². The van der Waals surface area contributed by atoms with Crippen LogP contribution in [-0.2, 0) is 4.74 Å². The molecule has 2 aliphatic rings. The van der Waals surface area contributed by atoms with Gasteiger partial charge in [-0.2, -0.15) is 0 Å². The Hall–Kier alpha value is -0.0800. The molecule has 0 aromatic rings. The fourth-order valence-electron chi connectivity index (χ4n) is 2.82. The number of hydrogen-bond acceptors (Lipinski definition) is 2. The van der Waals surface area contributed by atoms with Crippen LogP contribution in [0.15, 0.2) is 0 Å². The first-order valence-corrected chi connectivity index (χ1v) is 5.66. The number of hydrogen-bond donors (Lipinski definition) is 1. The predicted molar refractivity (Wildman–Crippen MR) is 53.8 cm³/mol. The van der Waals surface area contributed by atoms with Gasteiger partial charge in [-0.15, -0.1) is 0 Å². The van der Waals surface area contributed by atoms with Crippen molar-refractivity contribution >= 4 is 0 Å². The number of nitrogens with one attached hydrogen (secondary N) is 1. The Balaban J connectivity index is 1.95. The number of rotatable bonds is 1. The molecular formula is C11H21NO. The molecule has 1 spiro atoms. The Kier molecular flexibility index (Phi) is 2.89. The van der Waals surface area contributed by atoms with Crippen molar-refractivity contribution in [2.75, 3.05) is 13.7 Å². The monoisotopic (exact) mass is 183 g/mol. The fraction of sp³-hybridized carbons (Fsp3) is 1.00.